The van der Waals surface area contributed by atoms with Gasteiger partial charge in [0, 0.05) is 19.2 Å². The van der Waals surface area contributed by atoms with Gasteiger partial charge in [-0.25, -0.2) is 0 Å². The number of hydrogen-bond acceptors (Lipinski definition) is 6. The van der Waals surface area contributed by atoms with Gasteiger partial charge in [-0.1, -0.05) is 29.8 Å². The first kappa shape index (κ1) is 19.7. The summed E-state index contributed by atoms with van der Waals surface area (Å²) in [5, 5.41) is 11.2. The van der Waals surface area contributed by atoms with Gasteiger partial charge in [-0.05, 0) is 38.0 Å². The van der Waals surface area contributed by atoms with Gasteiger partial charge in [-0.2, -0.15) is 0 Å². The smallest absolute Gasteiger partial charge is 0.309 e. The van der Waals surface area contributed by atoms with Crippen LogP contribution >= 0.6 is 0 Å². The Kier molecular flexibility index (Phi) is 6.47. The molecule has 28 heavy (non-hydrogen) atoms. The Bertz CT molecular complexity index is 814. The van der Waals surface area contributed by atoms with Crippen molar-refractivity contribution in [3.63, 3.8) is 0 Å². The zero-order valence-corrected chi connectivity index (χ0v) is 15.9. The van der Waals surface area contributed by atoms with Crippen LogP contribution in [0.5, 0.6) is 5.75 Å². The molecule has 0 N–H and O–H groups in total. The third kappa shape index (κ3) is 5.00. The molecule has 1 aliphatic heterocycles. The minimum absolute atomic E-state index is 0.0942. The minimum Gasteiger partial charge on any atom is -0.490 e. The van der Waals surface area contributed by atoms with E-state index in [4.69, 9.17) is 9.47 Å². The number of piperidine rings is 1. The van der Waals surface area contributed by atoms with E-state index in [1.165, 1.54) is 6.07 Å². The van der Waals surface area contributed by atoms with Gasteiger partial charge in [0.1, 0.15) is 24.7 Å². The normalized spacial score (nSPS) is 14.5. The largest absolute Gasteiger partial charge is 0.490 e. The number of anilines is 1. The molecule has 0 aromatic heterocycles. The van der Waals surface area contributed by atoms with Crippen LogP contribution in [-0.2, 0) is 9.53 Å². The van der Waals surface area contributed by atoms with Crippen LogP contribution in [0.3, 0.4) is 0 Å². The lowest BCUT2D eigenvalue weighted by Gasteiger charge is -2.32. The van der Waals surface area contributed by atoms with E-state index in [0.717, 1.165) is 11.3 Å². The Balaban J connectivity index is 1.42. The predicted molar refractivity (Wildman–Crippen MR) is 106 cm³/mol. The van der Waals surface area contributed by atoms with Gasteiger partial charge in [0.15, 0.2) is 0 Å². The van der Waals surface area contributed by atoms with Gasteiger partial charge in [0.05, 0.1) is 10.8 Å². The lowest BCUT2D eigenvalue weighted by molar-refractivity contribution is -0.384. The molecule has 2 aromatic rings. The second-order valence-corrected chi connectivity index (χ2v) is 6.84. The van der Waals surface area contributed by atoms with Gasteiger partial charge in [0.2, 0.25) is 0 Å². The zero-order chi connectivity index (χ0) is 19.9. The molecule has 148 valence electrons. The second kappa shape index (κ2) is 9.21. The molecule has 3 rings (SSSR count). The van der Waals surface area contributed by atoms with Crippen LogP contribution in [0.1, 0.15) is 18.4 Å². The summed E-state index contributed by atoms with van der Waals surface area (Å²) in [6.07, 6.45) is 1.23. The maximum Gasteiger partial charge on any atom is 0.309 e. The summed E-state index contributed by atoms with van der Waals surface area (Å²) >= 11 is 0. The molecular formula is C21H24N2O5. The van der Waals surface area contributed by atoms with E-state index in [-0.39, 0.29) is 29.1 Å². The quantitative estimate of drug-likeness (QED) is 0.313. The van der Waals surface area contributed by atoms with Crippen molar-refractivity contribution in [2.45, 2.75) is 19.8 Å². The van der Waals surface area contributed by atoms with Crippen LogP contribution in [0.15, 0.2) is 48.5 Å². The Labute approximate surface area is 164 Å². The molecule has 1 aliphatic rings. The van der Waals surface area contributed by atoms with Gasteiger partial charge in [0.25, 0.3) is 5.69 Å². The number of esters is 1. The fraction of sp³-hybridized carbons (Fsp3) is 0.381. The number of hydrogen-bond donors (Lipinski definition) is 0. The summed E-state index contributed by atoms with van der Waals surface area (Å²) in [7, 11) is 0. The Morgan fingerprint density at radius 2 is 1.79 bits per heavy atom. The molecular weight excluding hydrogens is 360 g/mol. The predicted octanol–water partition coefficient (Wildman–Crippen LogP) is 3.74. The highest BCUT2D eigenvalue weighted by Crippen LogP contribution is 2.31. The van der Waals surface area contributed by atoms with E-state index in [1.807, 2.05) is 36.1 Å². The first-order valence-electron chi connectivity index (χ1n) is 9.39. The van der Waals surface area contributed by atoms with Crippen molar-refractivity contribution in [1.29, 1.82) is 0 Å². The molecule has 0 amide bonds. The average Bonchev–Trinajstić information content (AvgIpc) is 2.72. The van der Waals surface area contributed by atoms with Crippen molar-refractivity contribution in [3.05, 3.63) is 64.2 Å². The van der Waals surface area contributed by atoms with Crippen molar-refractivity contribution in [1.82, 2.24) is 0 Å². The van der Waals surface area contributed by atoms with E-state index in [2.05, 4.69) is 0 Å². The summed E-state index contributed by atoms with van der Waals surface area (Å²) in [6.45, 7) is 3.70. The summed E-state index contributed by atoms with van der Waals surface area (Å²) < 4.78 is 10.9. The third-order valence-corrected chi connectivity index (χ3v) is 4.86. The molecule has 0 saturated carbocycles. The molecule has 0 spiro atoms. The van der Waals surface area contributed by atoms with Gasteiger partial charge < -0.3 is 14.4 Å². The maximum absolute atomic E-state index is 12.3. The number of benzene rings is 2. The average molecular weight is 384 g/mol. The van der Waals surface area contributed by atoms with Crippen LogP contribution in [0, 0.1) is 23.0 Å². The highest BCUT2D eigenvalue weighted by atomic mass is 16.6. The number of aryl methyl sites for hydroxylation is 1. The second-order valence-electron chi connectivity index (χ2n) is 6.84. The van der Waals surface area contributed by atoms with Gasteiger partial charge in [-0.15, -0.1) is 0 Å². The Hall–Kier alpha value is -3.09. The first-order chi connectivity index (χ1) is 13.5. The van der Waals surface area contributed by atoms with Gasteiger partial charge >= 0.3 is 5.97 Å². The topological polar surface area (TPSA) is 81.9 Å². The zero-order valence-electron chi connectivity index (χ0n) is 15.9. The van der Waals surface area contributed by atoms with Crippen molar-refractivity contribution in [3.8, 4) is 5.75 Å². The highest BCUT2D eigenvalue weighted by molar-refractivity contribution is 5.73. The summed E-state index contributed by atoms with van der Waals surface area (Å²) in [5.74, 6) is 0.340. The first-order valence-corrected chi connectivity index (χ1v) is 9.39. The van der Waals surface area contributed by atoms with E-state index >= 15 is 0 Å². The van der Waals surface area contributed by atoms with E-state index in [0.29, 0.717) is 38.2 Å². The van der Waals surface area contributed by atoms with E-state index in [9.17, 15) is 14.9 Å². The number of carbonyl (C=O) groups excluding carboxylic acids is 1. The van der Waals surface area contributed by atoms with Gasteiger partial charge in [-0.3, -0.25) is 14.9 Å². The number of carbonyl (C=O) groups is 1. The fourth-order valence-electron chi connectivity index (χ4n) is 3.30. The fourth-order valence-corrected chi connectivity index (χ4v) is 3.30. The number of nitro groups is 1. The molecule has 2 aromatic carbocycles. The van der Waals surface area contributed by atoms with Crippen molar-refractivity contribution in [2.75, 3.05) is 31.2 Å². The third-order valence-electron chi connectivity index (χ3n) is 4.86. The molecule has 1 fully saturated rings. The molecule has 0 radical (unpaired) electrons. The minimum atomic E-state index is -0.371. The number of rotatable bonds is 7. The van der Waals surface area contributed by atoms with Crippen molar-refractivity contribution in [2.24, 2.45) is 5.92 Å². The van der Waals surface area contributed by atoms with Crippen LogP contribution in [0.25, 0.3) is 0 Å². The molecule has 7 nitrogen and oxygen atoms in total. The number of nitrogens with zero attached hydrogens (tertiary/aromatic N) is 2. The number of ether oxygens (including phenoxy) is 2. The summed E-state index contributed by atoms with van der Waals surface area (Å²) in [4.78, 5) is 25.1. The molecule has 0 unspecified atom stereocenters. The molecule has 0 bridgehead atoms. The van der Waals surface area contributed by atoms with E-state index < -0.39 is 0 Å². The van der Waals surface area contributed by atoms with Crippen molar-refractivity contribution < 1.29 is 19.2 Å². The summed E-state index contributed by atoms with van der Waals surface area (Å²) in [5.41, 5.74) is 1.86. The Morgan fingerprint density at radius 3 is 2.46 bits per heavy atom. The molecule has 1 heterocycles. The molecule has 7 heteroatoms. The molecule has 0 aliphatic carbocycles. The molecule has 1 saturated heterocycles. The SMILES string of the molecule is Cc1ccc(OCCOC(=O)C2CCN(c3ccccc3[N+](=O)[O-])CC2)cc1. The maximum atomic E-state index is 12.3. The lowest BCUT2D eigenvalue weighted by atomic mass is 9.96. The van der Waals surface area contributed by atoms with Crippen LogP contribution in [0.2, 0.25) is 0 Å². The van der Waals surface area contributed by atoms with Crippen molar-refractivity contribution >= 4 is 17.3 Å². The van der Waals surface area contributed by atoms with Crippen LogP contribution < -0.4 is 9.64 Å². The standard InChI is InChI=1S/C21H24N2O5/c1-16-6-8-18(9-7-16)27-14-15-28-21(24)17-10-12-22(13-11-17)19-4-2-3-5-20(19)23(25)26/h2-9,17H,10-15H2,1H3. The highest BCUT2D eigenvalue weighted by Gasteiger charge is 2.28. The monoisotopic (exact) mass is 384 g/mol. The number of para-hydroxylation sites is 2. The number of nitro benzene ring substituents is 1. The van der Waals surface area contributed by atoms with E-state index in [1.54, 1.807) is 18.2 Å². The van der Waals surface area contributed by atoms with Crippen LogP contribution in [0.4, 0.5) is 11.4 Å². The lowest BCUT2D eigenvalue weighted by Crippen LogP contribution is -2.37. The van der Waals surface area contributed by atoms with Crippen LogP contribution in [-0.4, -0.2) is 37.2 Å². The molecule has 0 atom stereocenters. The Morgan fingerprint density at radius 1 is 1.11 bits per heavy atom. The summed E-state index contributed by atoms with van der Waals surface area (Å²) in [6, 6.07) is 14.4.